The number of ether oxygens (including phenoxy) is 1. The lowest BCUT2D eigenvalue weighted by molar-refractivity contribution is 0.473. The van der Waals surface area contributed by atoms with Crippen LogP contribution in [0.25, 0.3) is 0 Å². The minimum Gasteiger partial charge on any atom is -0.430 e. The molecular weight excluding hydrogens is 305 g/mol. The predicted octanol–water partition coefficient (Wildman–Crippen LogP) is 3.89. The number of benzene rings is 1. The van der Waals surface area contributed by atoms with Crippen molar-refractivity contribution in [2.75, 3.05) is 0 Å². The van der Waals surface area contributed by atoms with Crippen LogP contribution < -0.4 is 10.1 Å². The summed E-state index contributed by atoms with van der Waals surface area (Å²) in [6.45, 7) is 0.743. The summed E-state index contributed by atoms with van der Waals surface area (Å²) in [6.07, 6.45) is 2.51. The normalized spacial score (nSPS) is 14.6. The number of nitrogens with one attached hydrogen (secondary N) is 1. The molecule has 3 rings (SSSR count). The molecule has 0 unspecified atom stereocenters. The van der Waals surface area contributed by atoms with E-state index in [0.29, 0.717) is 27.0 Å². The van der Waals surface area contributed by atoms with Gasteiger partial charge in [-0.25, -0.2) is 0 Å². The molecule has 1 N–H and O–H groups in total. The highest BCUT2D eigenvalue weighted by molar-refractivity contribution is 7.13. The zero-order chi connectivity index (χ0) is 13.2. The Kier molecular flexibility index (Phi) is 3.88. The van der Waals surface area contributed by atoms with Crippen LogP contribution in [0.4, 0.5) is 0 Å². The summed E-state index contributed by atoms with van der Waals surface area (Å²) < 4.78 is 5.59. The number of rotatable bonds is 5. The molecule has 0 amide bonds. The van der Waals surface area contributed by atoms with E-state index in [4.69, 9.17) is 27.9 Å². The molecule has 1 aromatic carbocycles. The molecule has 1 aromatic heterocycles. The van der Waals surface area contributed by atoms with Gasteiger partial charge < -0.3 is 10.1 Å². The number of hydrogen-bond acceptors (Lipinski definition) is 5. The second-order valence-corrected chi connectivity index (χ2v) is 6.13. The Bertz CT molecular complexity index is 586. The standard InChI is InChI=1S/C12H11Cl2N3OS/c13-9-4-3-8(5-10(9)14)18-12-17-16-11(19-12)6-15-7-1-2-7/h3-5,7,15H,1-2,6H2. The van der Waals surface area contributed by atoms with E-state index >= 15 is 0 Å². The number of nitrogens with zero attached hydrogens (tertiary/aromatic N) is 2. The van der Waals surface area contributed by atoms with Gasteiger partial charge in [0.25, 0.3) is 5.19 Å². The van der Waals surface area contributed by atoms with E-state index in [0.717, 1.165) is 11.6 Å². The van der Waals surface area contributed by atoms with Gasteiger partial charge >= 0.3 is 0 Å². The van der Waals surface area contributed by atoms with Crippen molar-refractivity contribution < 1.29 is 4.74 Å². The van der Waals surface area contributed by atoms with Crippen molar-refractivity contribution in [3.63, 3.8) is 0 Å². The third-order valence-corrected chi connectivity index (χ3v) is 4.20. The molecule has 0 atom stereocenters. The van der Waals surface area contributed by atoms with Gasteiger partial charge in [0.1, 0.15) is 10.8 Å². The zero-order valence-electron chi connectivity index (χ0n) is 9.90. The first-order valence-corrected chi connectivity index (χ1v) is 7.46. The average molecular weight is 316 g/mol. The molecule has 1 aliphatic carbocycles. The molecule has 1 saturated carbocycles. The summed E-state index contributed by atoms with van der Waals surface area (Å²) in [4.78, 5) is 0. The molecule has 0 aliphatic heterocycles. The molecule has 1 aliphatic rings. The molecular formula is C12H11Cl2N3OS. The van der Waals surface area contributed by atoms with Crippen molar-refractivity contribution in [3.8, 4) is 10.9 Å². The quantitative estimate of drug-likeness (QED) is 0.909. The van der Waals surface area contributed by atoms with Gasteiger partial charge in [-0.05, 0) is 25.0 Å². The fraction of sp³-hybridized carbons (Fsp3) is 0.333. The summed E-state index contributed by atoms with van der Waals surface area (Å²) >= 11 is 13.2. The van der Waals surface area contributed by atoms with Crippen molar-refractivity contribution in [1.82, 2.24) is 15.5 Å². The summed E-state index contributed by atoms with van der Waals surface area (Å²) in [6, 6.07) is 5.75. The predicted molar refractivity (Wildman–Crippen MR) is 76.3 cm³/mol. The third-order valence-electron chi connectivity index (χ3n) is 2.66. The van der Waals surface area contributed by atoms with Gasteiger partial charge in [0.05, 0.1) is 16.6 Å². The van der Waals surface area contributed by atoms with Crippen molar-refractivity contribution in [1.29, 1.82) is 0 Å². The maximum atomic E-state index is 5.92. The number of hydrogen-bond donors (Lipinski definition) is 1. The lowest BCUT2D eigenvalue weighted by Crippen LogP contribution is -2.14. The molecule has 4 nitrogen and oxygen atoms in total. The van der Waals surface area contributed by atoms with Gasteiger partial charge in [-0.1, -0.05) is 39.6 Å². The molecule has 1 fully saturated rings. The minimum atomic E-state index is 0.458. The highest BCUT2D eigenvalue weighted by Crippen LogP contribution is 2.30. The Balaban J connectivity index is 1.63. The Morgan fingerprint density at radius 3 is 2.84 bits per heavy atom. The van der Waals surface area contributed by atoms with Crippen LogP contribution in [-0.2, 0) is 6.54 Å². The lowest BCUT2D eigenvalue weighted by Gasteiger charge is -2.02. The van der Waals surface area contributed by atoms with Gasteiger partial charge in [0.2, 0.25) is 0 Å². The van der Waals surface area contributed by atoms with Gasteiger partial charge in [-0.3, -0.25) is 0 Å². The molecule has 0 spiro atoms. The lowest BCUT2D eigenvalue weighted by atomic mass is 10.3. The van der Waals surface area contributed by atoms with Crippen LogP contribution in [0.15, 0.2) is 18.2 Å². The van der Waals surface area contributed by atoms with E-state index in [2.05, 4.69) is 15.5 Å². The van der Waals surface area contributed by atoms with E-state index in [-0.39, 0.29) is 0 Å². The first-order valence-electron chi connectivity index (χ1n) is 5.89. The molecule has 0 radical (unpaired) electrons. The van der Waals surface area contributed by atoms with E-state index in [1.54, 1.807) is 18.2 Å². The number of halogens is 2. The van der Waals surface area contributed by atoms with Crippen molar-refractivity contribution in [3.05, 3.63) is 33.3 Å². The second kappa shape index (κ2) is 5.63. The third kappa shape index (κ3) is 3.57. The van der Waals surface area contributed by atoms with Crippen LogP contribution in [0, 0.1) is 0 Å². The van der Waals surface area contributed by atoms with Gasteiger partial charge in [0, 0.05) is 12.1 Å². The molecule has 1 heterocycles. The molecule has 100 valence electrons. The van der Waals surface area contributed by atoms with E-state index in [9.17, 15) is 0 Å². The summed E-state index contributed by atoms with van der Waals surface area (Å²) in [5, 5.41) is 13.8. The largest absolute Gasteiger partial charge is 0.430 e. The smallest absolute Gasteiger partial charge is 0.299 e. The van der Waals surface area contributed by atoms with Gasteiger partial charge in [-0.15, -0.1) is 5.10 Å². The van der Waals surface area contributed by atoms with Crippen molar-refractivity contribution in [2.45, 2.75) is 25.4 Å². The van der Waals surface area contributed by atoms with E-state index in [1.807, 2.05) is 0 Å². The average Bonchev–Trinajstić information content (AvgIpc) is 3.12. The first-order chi connectivity index (χ1) is 9.20. The van der Waals surface area contributed by atoms with Gasteiger partial charge in [-0.2, -0.15) is 0 Å². The zero-order valence-corrected chi connectivity index (χ0v) is 12.2. The molecule has 0 saturated heterocycles. The summed E-state index contributed by atoms with van der Waals surface area (Å²) in [7, 11) is 0. The Morgan fingerprint density at radius 2 is 2.11 bits per heavy atom. The monoisotopic (exact) mass is 315 g/mol. The Hall–Kier alpha value is -0.880. The van der Waals surface area contributed by atoms with Crippen LogP contribution in [0.1, 0.15) is 17.8 Å². The summed E-state index contributed by atoms with van der Waals surface area (Å²) in [5.41, 5.74) is 0. The minimum absolute atomic E-state index is 0.458. The molecule has 19 heavy (non-hydrogen) atoms. The van der Waals surface area contributed by atoms with Crippen LogP contribution in [-0.4, -0.2) is 16.2 Å². The molecule has 7 heteroatoms. The first kappa shape index (κ1) is 13.1. The summed E-state index contributed by atoms with van der Waals surface area (Å²) in [5.74, 6) is 0.604. The molecule has 0 bridgehead atoms. The van der Waals surface area contributed by atoms with E-state index < -0.39 is 0 Å². The highest BCUT2D eigenvalue weighted by atomic mass is 35.5. The Morgan fingerprint density at radius 1 is 1.26 bits per heavy atom. The van der Waals surface area contributed by atoms with Crippen LogP contribution in [0.2, 0.25) is 10.0 Å². The second-order valence-electron chi connectivity index (χ2n) is 4.29. The van der Waals surface area contributed by atoms with Crippen LogP contribution >= 0.6 is 34.5 Å². The highest BCUT2D eigenvalue weighted by Gasteiger charge is 2.20. The number of aromatic nitrogens is 2. The van der Waals surface area contributed by atoms with Crippen molar-refractivity contribution in [2.24, 2.45) is 0 Å². The fourth-order valence-corrected chi connectivity index (χ4v) is 2.46. The van der Waals surface area contributed by atoms with Crippen LogP contribution in [0.3, 0.4) is 0 Å². The SMILES string of the molecule is Clc1ccc(Oc2nnc(CNC3CC3)s2)cc1Cl. The van der Waals surface area contributed by atoms with Crippen LogP contribution in [0.5, 0.6) is 10.9 Å². The maximum Gasteiger partial charge on any atom is 0.299 e. The topological polar surface area (TPSA) is 47.0 Å². The Labute approximate surface area is 124 Å². The maximum absolute atomic E-state index is 5.92. The van der Waals surface area contributed by atoms with Crippen molar-refractivity contribution >= 4 is 34.5 Å². The van der Waals surface area contributed by atoms with Gasteiger partial charge in [0.15, 0.2) is 0 Å². The van der Waals surface area contributed by atoms with E-state index in [1.165, 1.54) is 24.2 Å². The molecule has 2 aromatic rings. The fourth-order valence-electron chi connectivity index (χ4n) is 1.51.